The average molecular weight is 451 g/mol. The number of hydrogen-bond acceptors (Lipinski definition) is 6. The number of benzene rings is 2. The first-order valence-corrected chi connectivity index (χ1v) is 9.95. The van der Waals surface area contributed by atoms with Crippen molar-refractivity contribution in [1.82, 2.24) is 9.78 Å². The van der Waals surface area contributed by atoms with Crippen LogP contribution in [0.5, 0.6) is 5.75 Å². The molecule has 3 rings (SSSR count). The topological polar surface area (TPSA) is 163 Å². The Morgan fingerprint density at radius 2 is 1.79 bits per heavy atom. The molecule has 10 heteroatoms. The molecule has 0 saturated carbocycles. The summed E-state index contributed by atoms with van der Waals surface area (Å²) >= 11 is 0. The van der Waals surface area contributed by atoms with Gasteiger partial charge in [-0.25, -0.2) is 9.48 Å². The van der Waals surface area contributed by atoms with E-state index in [1.54, 1.807) is 12.1 Å². The van der Waals surface area contributed by atoms with E-state index in [1.165, 1.54) is 36.2 Å². The van der Waals surface area contributed by atoms with E-state index in [-0.39, 0.29) is 33.6 Å². The second-order valence-corrected chi connectivity index (χ2v) is 8.40. The van der Waals surface area contributed by atoms with Gasteiger partial charge in [-0.2, -0.15) is 5.10 Å². The molecule has 0 radical (unpaired) electrons. The van der Waals surface area contributed by atoms with E-state index in [0.29, 0.717) is 11.4 Å². The highest BCUT2D eigenvalue weighted by Crippen LogP contribution is 2.29. The van der Waals surface area contributed by atoms with Crippen molar-refractivity contribution < 1.29 is 24.2 Å². The lowest BCUT2D eigenvalue weighted by atomic mass is 9.86. The zero-order valence-corrected chi connectivity index (χ0v) is 18.7. The van der Waals surface area contributed by atoms with Gasteiger partial charge in [-0.3, -0.25) is 9.59 Å². The van der Waals surface area contributed by atoms with Gasteiger partial charge in [0, 0.05) is 5.69 Å². The van der Waals surface area contributed by atoms with Crippen molar-refractivity contribution in [2.24, 2.45) is 5.73 Å². The largest absolute Gasteiger partial charge is 0.496 e. The van der Waals surface area contributed by atoms with Crippen LogP contribution in [0.3, 0.4) is 0 Å². The minimum atomic E-state index is -1.33. The highest BCUT2D eigenvalue weighted by molar-refractivity contribution is 6.08. The van der Waals surface area contributed by atoms with Gasteiger partial charge in [0.05, 0.1) is 35.8 Å². The zero-order chi connectivity index (χ0) is 24.5. The minimum Gasteiger partial charge on any atom is -0.496 e. The van der Waals surface area contributed by atoms with Gasteiger partial charge in [-0.15, -0.1) is 0 Å². The Balaban J connectivity index is 2.00. The van der Waals surface area contributed by atoms with Crippen molar-refractivity contribution in [2.45, 2.75) is 26.2 Å². The number of carbonyl (C=O) groups excluding carboxylic acids is 2. The number of carboxylic acid groups (broad SMARTS) is 1. The van der Waals surface area contributed by atoms with E-state index in [0.717, 1.165) is 5.56 Å². The molecule has 33 heavy (non-hydrogen) atoms. The summed E-state index contributed by atoms with van der Waals surface area (Å²) in [7, 11) is 1.45. The van der Waals surface area contributed by atoms with Crippen LogP contribution in [-0.4, -0.2) is 39.8 Å². The third-order valence-corrected chi connectivity index (χ3v) is 5.04. The van der Waals surface area contributed by atoms with E-state index in [1.807, 2.05) is 26.8 Å². The fourth-order valence-corrected chi connectivity index (χ4v) is 3.21. The lowest BCUT2D eigenvalue weighted by Crippen LogP contribution is -2.17. The SMILES string of the molecule is COc1ccc(C(C)(C)C)cc1C(=O)Nc1cn(-c2ccc(C(N)=O)c(N)c2)nc1C(=O)O. The van der Waals surface area contributed by atoms with Gasteiger partial charge >= 0.3 is 5.97 Å². The molecule has 0 saturated heterocycles. The smallest absolute Gasteiger partial charge is 0.358 e. The molecule has 6 N–H and O–H groups in total. The van der Waals surface area contributed by atoms with Crippen molar-refractivity contribution >= 4 is 29.2 Å². The molecule has 0 spiro atoms. The number of ether oxygens (including phenoxy) is 1. The van der Waals surface area contributed by atoms with Gasteiger partial charge in [0.1, 0.15) is 5.75 Å². The number of aromatic nitrogens is 2. The first-order chi connectivity index (χ1) is 15.4. The van der Waals surface area contributed by atoms with Crippen LogP contribution in [0.25, 0.3) is 5.69 Å². The number of nitrogens with one attached hydrogen (secondary N) is 1. The lowest BCUT2D eigenvalue weighted by molar-refractivity contribution is 0.0691. The number of methoxy groups -OCH3 is 1. The van der Waals surface area contributed by atoms with Gasteiger partial charge in [0.15, 0.2) is 5.69 Å². The van der Waals surface area contributed by atoms with E-state index in [9.17, 15) is 19.5 Å². The fourth-order valence-electron chi connectivity index (χ4n) is 3.21. The lowest BCUT2D eigenvalue weighted by Gasteiger charge is -2.20. The van der Waals surface area contributed by atoms with Gasteiger partial charge in [0.25, 0.3) is 11.8 Å². The Kier molecular flexibility index (Phi) is 6.12. The molecule has 0 atom stereocenters. The molecule has 0 unspecified atom stereocenters. The van der Waals surface area contributed by atoms with Crippen LogP contribution in [0.4, 0.5) is 11.4 Å². The van der Waals surface area contributed by atoms with E-state index in [4.69, 9.17) is 16.2 Å². The minimum absolute atomic E-state index is 0.0201. The van der Waals surface area contributed by atoms with Crippen molar-refractivity contribution in [1.29, 1.82) is 0 Å². The predicted octanol–water partition coefficient (Wildman–Crippen LogP) is 2.81. The zero-order valence-electron chi connectivity index (χ0n) is 18.7. The molecule has 0 aliphatic heterocycles. The number of nitrogens with zero attached hydrogens (tertiary/aromatic N) is 2. The maximum absolute atomic E-state index is 13.1. The second-order valence-electron chi connectivity index (χ2n) is 8.40. The Hall–Kier alpha value is -4.34. The number of amides is 2. The molecular formula is C23H25N5O5. The van der Waals surface area contributed by atoms with Crippen molar-refractivity contribution in [3.05, 3.63) is 65.0 Å². The van der Waals surface area contributed by atoms with Crippen molar-refractivity contribution in [2.75, 3.05) is 18.2 Å². The van der Waals surface area contributed by atoms with Gasteiger partial charge in [0.2, 0.25) is 0 Å². The number of anilines is 2. The molecular weight excluding hydrogens is 426 g/mol. The molecule has 10 nitrogen and oxygen atoms in total. The van der Waals surface area contributed by atoms with Crippen LogP contribution in [0.2, 0.25) is 0 Å². The third-order valence-electron chi connectivity index (χ3n) is 5.04. The number of rotatable bonds is 6. The summed E-state index contributed by atoms with van der Waals surface area (Å²) < 4.78 is 6.56. The molecule has 2 amide bonds. The van der Waals surface area contributed by atoms with Gasteiger partial charge in [-0.1, -0.05) is 26.8 Å². The molecule has 0 fully saturated rings. The molecule has 3 aromatic rings. The summed E-state index contributed by atoms with van der Waals surface area (Å²) in [5, 5.41) is 16.2. The summed E-state index contributed by atoms with van der Waals surface area (Å²) in [5.74, 6) is -2.23. The summed E-state index contributed by atoms with van der Waals surface area (Å²) in [6.45, 7) is 6.04. The normalized spacial score (nSPS) is 11.2. The molecule has 1 heterocycles. The number of nitrogen functional groups attached to an aromatic ring is 1. The molecule has 0 aliphatic carbocycles. The number of primary amides is 1. The van der Waals surface area contributed by atoms with Crippen LogP contribution < -0.4 is 21.5 Å². The molecule has 2 aromatic carbocycles. The highest BCUT2D eigenvalue weighted by atomic mass is 16.5. The highest BCUT2D eigenvalue weighted by Gasteiger charge is 2.23. The van der Waals surface area contributed by atoms with Crippen molar-refractivity contribution in [3.8, 4) is 11.4 Å². The summed E-state index contributed by atoms with van der Waals surface area (Å²) in [4.78, 5) is 36.2. The van der Waals surface area contributed by atoms with Gasteiger partial charge in [-0.05, 0) is 41.3 Å². The summed E-state index contributed by atoms with van der Waals surface area (Å²) in [6.07, 6.45) is 1.35. The Labute approximate surface area is 190 Å². The van der Waals surface area contributed by atoms with E-state index >= 15 is 0 Å². The molecule has 0 bridgehead atoms. The van der Waals surface area contributed by atoms with Crippen LogP contribution >= 0.6 is 0 Å². The monoisotopic (exact) mass is 451 g/mol. The average Bonchev–Trinajstić information content (AvgIpc) is 3.16. The first-order valence-electron chi connectivity index (χ1n) is 9.95. The predicted molar refractivity (Wildman–Crippen MR) is 123 cm³/mol. The maximum Gasteiger partial charge on any atom is 0.358 e. The quantitative estimate of drug-likeness (QED) is 0.419. The van der Waals surface area contributed by atoms with Gasteiger partial charge < -0.3 is 26.6 Å². The Bertz CT molecular complexity index is 1260. The van der Waals surface area contributed by atoms with Crippen LogP contribution in [0, 0.1) is 0 Å². The van der Waals surface area contributed by atoms with E-state index in [2.05, 4.69) is 10.4 Å². The summed E-state index contributed by atoms with van der Waals surface area (Å²) in [5.41, 5.74) is 12.3. The van der Waals surface area contributed by atoms with Crippen molar-refractivity contribution in [3.63, 3.8) is 0 Å². The third kappa shape index (κ3) is 4.79. The van der Waals surface area contributed by atoms with Crippen LogP contribution in [-0.2, 0) is 5.41 Å². The summed E-state index contributed by atoms with van der Waals surface area (Å²) in [6, 6.07) is 9.63. The fraction of sp³-hybridized carbons (Fsp3) is 0.217. The number of nitrogens with two attached hydrogens (primary N) is 2. The van der Waals surface area contributed by atoms with E-state index < -0.39 is 17.8 Å². The molecule has 1 aromatic heterocycles. The van der Waals surface area contributed by atoms with Crippen LogP contribution in [0.1, 0.15) is 57.5 Å². The molecule has 0 aliphatic rings. The number of carbonyl (C=O) groups is 3. The standard InChI is InChI=1S/C23H25N5O5/c1-23(2,3)12-5-8-18(33-4)15(9-12)21(30)26-17-11-28(27-19(17)22(31)32)13-6-7-14(20(25)29)16(24)10-13/h5-11H,24H2,1-4H3,(H2,25,29)(H,26,30)(H,31,32). The number of carboxylic acids is 1. The second kappa shape index (κ2) is 8.65. The maximum atomic E-state index is 13.1. The Morgan fingerprint density at radius 1 is 1.09 bits per heavy atom. The number of hydrogen-bond donors (Lipinski definition) is 4. The Morgan fingerprint density at radius 3 is 2.33 bits per heavy atom. The molecule has 172 valence electrons. The first kappa shape index (κ1) is 23.3. The van der Waals surface area contributed by atoms with Crippen LogP contribution in [0.15, 0.2) is 42.6 Å². The number of aromatic carboxylic acids is 1.